The summed E-state index contributed by atoms with van der Waals surface area (Å²) in [5.41, 5.74) is 2.95. The lowest BCUT2D eigenvalue weighted by Crippen LogP contribution is -2.02. The van der Waals surface area contributed by atoms with E-state index in [0.717, 1.165) is 28.5 Å². The molecule has 3 aromatic heterocycles. The summed E-state index contributed by atoms with van der Waals surface area (Å²) in [6, 6.07) is 20.0. The van der Waals surface area contributed by atoms with Crippen LogP contribution in [0.2, 0.25) is 0 Å². The van der Waals surface area contributed by atoms with Gasteiger partial charge in [0.15, 0.2) is 0 Å². The maximum Gasteiger partial charge on any atom is 0.139 e. The minimum atomic E-state index is 0.621. The number of aromatic nitrogens is 2. The highest BCUT2D eigenvalue weighted by Gasteiger charge is 2.13. The number of rotatable bonds is 4. The van der Waals surface area contributed by atoms with Gasteiger partial charge in [0, 0.05) is 11.8 Å². The Labute approximate surface area is 128 Å². The van der Waals surface area contributed by atoms with Gasteiger partial charge in [0.1, 0.15) is 22.9 Å². The molecule has 0 spiro atoms. The van der Waals surface area contributed by atoms with E-state index in [1.54, 1.807) is 6.26 Å². The molecule has 0 fully saturated rings. The van der Waals surface area contributed by atoms with Gasteiger partial charge in [-0.25, -0.2) is 4.98 Å². The summed E-state index contributed by atoms with van der Waals surface area (Å²) < 4.78 is 7.46. The number of nitrogens with zero attached hydrogens (tertiary/aromatic N) is 2. The van der Waals surface area contributed by atoms with Crippen molar-refractivity contribution in [2.75, 3.05) is 5.32 Å². The van der Waals surface area contributed by atoms with E-state index in [2.05, 4.69) is 21.9 Å². The summed E-state index contributed by atoms with van der Waals surface area (Å²) in [5, 5.41) is 3.44. The molecule has 0 radical (unpaired) electrons. The number of furan rings is 1. The van der Waals surface area contributed by atoms with Crippen LogP contribution in [-0.2, 0) is 6.54 Å². The topological polar surface area (TPSA) is 42.5 Å². The van der Waals surface area contributed by atoms with E-state index in [-0.39, 0.29) is 0 Å². The molecule has 1 N–H and O–H groups in total. The summed E-state index contributed by atoms with van der Waals surface area (Å²) in [6.45, 7) is 0.621. The van der Waals surface area contributed by atoms with E-state index >= 15 is 0 Å². The summed E-state index contributed by atoms with van der Waals surface area (Å²) >= 11 is 0. The monoisotopic (exact) mass is 289 g/mol. The molecule has 0 aliphatic heterocycles. The lowest BCUT2D eigenvalue weighted by Gasteiger charge is -2.07. The lowest BCUT2D eigenvalue weighted by molar-refractivity contribution is 0.518. The fourth-order valence-electron chi connectivity index (χ4n) is 2.55. The molecule has 0 bridgehead atoms. The van der Waals surface area contributed by atoms with E-state index in [9.17, 15) is 0 Å². The average molecular weight is 289 g/mol. The zero-order valence-corrected chi connectivity index (χ0v) is 11.9. The van der Waals surface area contributed by atoms with Crippen molar-refractivity contribution in [1.82, 2.24) is 9.38 Å². The minimum absolute atomic E-state index is 0.621. The molecule has 0 aliphatic carbocycles. The van der Waals surface area contributed by atoms with Gasteiger partial charge in [-0.15, -0.1) is 0 Å². The van der Waals surface area contributed by atoms with Gasteiger partial charge < -0.3 is 9.73 Å². The Morgan fingerprint density at radius 3 is 2.64 bits per heavy atom. The van der Waals surface area contributed by atoms with Gasteiger partial charge in [0.2, 0.25) is 0 Å². The number of hydrogen-bond donors (Lipinski definition) is 1. The molecule has 108 valence electrons. The Morgan fingerprint density at radius 1 is 0.955 bits per heavy atom. The van der Waals surface area contributed by atoms with Gasteiger partial charge in [-0.3, -0.25) is 4.40 Å². The van der Waals surface area contributed by atoms with Crippen molar-refractivity contribution in [3.05, 3.63) is 78.9 Å². The molecule has 4 rings (SSSR count). The Morgan fingerprint density at radius 2 is 1.82 bits per heavy atom. The highest BCUT2D eigenvalue weighted by molar-refractivity contribution is 5.76. The second-order valence-corrected chi connectivity index (χ2v) is 5.04. The van der Waals surface area contributed by atoms with Crippen LogP contribution in [0, 0.1) is 0 Å². The van der Waals surface area contributed by atoms with Crippen molar-refractivity contribution in [1.29, 1.82) is 0 Å². The van der Waals surface area contributed by atoms with Crippen molar-refractivity contribution >= 4 is 11.5 Å². The minimum Gasteiger partial charge on any atom is -0.467 e. The fraction of sp³-hybridized carbons (Fsp3) is 0.0556. The number of nitrogens with one attached hydrogen (secondary N) is 1. The van der Waals surface area contributed by atoms with E-state index in [4.69, 9.17) is 9.40 Å². The first-order valence-corrected chi connectivity index (χ1v) is 7.20. The van der Waals surface area contributed by atoms with Crippen LogP contribution in [0.1, 0.15) is 5.76 Å². The third kappa shape index (κ3) is 2.24. The molecule has 0 amide bonds. The van der Waals surface area contributed by atoms with Gasteiger partial charge in [-0.1, -0.05) is 36.4 Å². The van der Waals surface area contributed by atoms with E-state index < -0.39 is 0 Å². The molecule has 22 heavy (non-hydrogen) atoms. The molecular weight excluding hydrogens is 274 g/mol. The van der Waals surface area contributed by atoms with Crippen LogP contribution in [0.4, 0.5) is 5.82 Å². The molecule has 0 saturated carbocycles. The van der Waals surface area contributed by atoms with E-state index in [1.807, 2.05) is 54.7 Å². The molecule has 4 nitrogen and oxygen atoms in total. The van der Waals surface area contributed by atoms with Crippen LogP contribution in [0.15, 0.2) is 77.5 Å². The first-order chi connectivity index (χ1) is 10.9. The van der Waals surface area contributed by atoms with Crippen molar-refractivity contribution in [3.63, 3.8) is 0 Å². The Hall–Kier alpha value is -3.01. The molecular formula is C18H15N3O. The summed E-state index contributed by atoms with van der Waals surface area (Å²) in [5.74, 6) is 1.86. The standard InChI is InChI=1S/C18H15N3O/c1-2-7-14(8-3-1)17-18(19-13-15-9-6-12-22-15)21-11-5-4-10-16(21)20-17/h1-12,19H,13H2. The number of fused-ring (bicyclic) bond motifs is 1. The van der Waals surface area contributed by atoms with Crippen molar-refractivity contribution in [3.8, 4) is 11.3 Å². The van der Waals surface area contributed by atoms with Crippen LogP contribution in [0.3, 0.4) is 0 Å². The number of benzene rings is 1. The SMILES string of the molecule is c1ccc(-c2nc3ccccn3c2NCc2ccco2)cc1. The molecule has 0 saturated heterocycles. The number of imidazole rings is 1. The van der Waals surface area contributed by atoms with Crippen LogP contribution in [-0.4, -0.2) is 9.38 Å². The zero-order valence-electron chi connectivity index (χ0n) is 11.9. The van der Waals surface area contributed by atoms with E-state index in [1.165, 1.54) is 0 Å². The number of hydrogen-bond acceptors (Lipinski definition) is 3. The molecule has 1 aromatic carbocycles. The maximum atomic E-state index is 5.40. The first-order valence-electron chi connectivity index (χ1n) is 7.20. The zero-order chi connectivity index (χ0) is 14.8. The molecule has 4 heteroatoms. The summed E-state index contributed by atoms with van der Waals surface area (Å²) in [7, 11) is 0. The third-order valence-corrected chi connectivity index (χ3v) is 3.59. The molecule has 4 aromatic rings. The van der Waals surface area contributed by atoms with Crippen LogP contribution >= 0.6 is 0 Å². The van der Waals surface area contributed by atoms with Crippen LogP contribution in [0.25, 0.3) is 16.9 Å². The van der Waals surface area contributed by atoms with Crippen molar-refractivity contribution in [2.24, 2.45) is 0 Å². The Kier molecular flexibility index (Phi) is 3.12. The second-order valence-electron chi connectivity index (χ2n) is 5.04. The quantitative estimate of drug-likeness (QED) is 0.612. The van der Waals surface area contributed by atoms with Crippen LogP contribution in [0.5, 0.6) is 0 Å². The van der Waals surface area contributed by atoms with Gasteiger partial charge in [-0.2, -0.15) is 0 Å². The Balaban J connectivity index is 1.80. The van der Waals surface area contributed by atoms with Gasteiger partial charge >= 0.3 is 0 Å². The predicted octanol–water partition coefficient (Wildman–Crippen LogP) is 4.21. The summed E-state index contributed by atoms with van der Waals surface area (Å²) in [6.07, 6.45) is 3.70. The largest absolute Gasteiger partial charge is 0.467 e. The smallest absolute Gasteiger partial charge is 0.139 e. The molecule has 3 heterocycles. The van der Waals surface area contributed by atoms with Gasteiger partial charge in [0.25, 0.3) is 0 Å². The lowest BCUT2D eigenvalue weighted by atomic mass is 10.1. The van der Waals surface area contributed by atoms with Gasteiger partial charge in [0.05, 0.1) is 12.8 Å². The van der Waals surface area contributed by atoms with Gasteiger partial charge in [-0.05, 0) is 24.3 Å². The highest BCUT2D eigenvalue weighted by atomic mass is 16.3. The van der Waals surface area contributed by atoms with Crippen molar-refractivity contribution < 1.29 is 4.42 Å². The first kappa shape index (κ1) is 12.7. The average Bonchev–Trinajstić information content (AvgIpc) is 3.21. The Bertz CT molecular complexity index is 879. The highest BCUT2D eigenvalue weighted by Crippen LogP contribution is 2.28. The number of pyridine rings is 1. The normalized spacial score (nSPS) is 10.9. The second kappa shape index (κ2) is 5.41. The maximum absolute atomic E-state index is 5.40. The molecule has 0 aliphatic rings. The fourth-order valence-corrected chi connectivity index (χ4v) is 2.55. The van der Waals surface area contributed by atoms with Crippen molar-refractivity contribution in [2.45, 2.75) is 6.54 Å². The van der Waals surface area contributed by atoms with E-state index in [0.29, 0.717) is 6.54 Å². The molecule has 0 atom stereocenters. The third-order valence-electron chi connectivity index (χ3n) is 3.59. The molecule has 0 unspecified atom stereocenters. The number of anilines is 1. The van der Waals surface area contributed by atoms with Crippen LogP contribution < -0.4 is 5.32 Å². The summed E-state index contributed by atoms with van der Waals surface area (Å²) in [4.78, 5) is 4.75. The predicted molar refractivity (Wildman–Crippen MR) is 86.7 cm³/mol.